The van der Waals surface area contributed by atoms with Crippen molar-refractivity contribution in [1.29, 1.82) is 0 Å². The Hall–Kier alpha value is -6.69. The quantitative estimate of drug-likeness (QED) is 0.156. The van der Waals surface area contributed by atoms with Crippen molar-refractivity contribution >= 4 is 38.5 Å². The van der Waals surface area contributed by atoms with E-state index in [1.54, 1.807) is 24.5 Å². The number of fused-ring (bicyclic) bond motifs is 1. The summed E-state index contributed by atoms with van der Waals surface area (Å²) < 4.78 is 67.4. The molecule has 2 N–H and O–H groups in total. The molecule has 0 aliphatic heterocycles. The molecule has 0 bridgehead atoms. The molecule has 6 aromatic rings. The lowest BCUT2D eigenvalue weighted by Crippen LogP contribution is -2.45. The standard InChI is InChI=1S/C42H38F2N8O7S/c1-51-36-23-45-16-15-30(36)40(54)52(42(51)56)37-14-7-24(20-46-37)17-35(41(55)59-28-5-3-2-4-6-28)49-39(53)31-18-33(44)34(19-32(31)43)50-60(57,58)29-12-10-25(11-13-29)27-21-47-38(48-22-27)26-8-9-26/h7,10-16,18-23,26,28,35,50H,2-6,8-9,17H2,1H3,(H,49,53)/t35-/m0/s1. The van der Waals surface area contributed by atoms with E-state index in [1.165, 1.54) is 60.5 Å². The first-order valence-corrected chi connectivity index (χ1v) is 20.8. The molecule has 4 aromatic heterocycles. The molecule has 2 aliphatic carbocycles. The molecule has 0 spiro atoms. The van der Waals surface area contributed by atoms with E-state index in [-0.39, 0.29) is 22.5 Å². The SMILES string of the molecule is Cn1c(=O)n(-c2ccc(C[C@H](NC(=O)c3cc(F)c(NS(=O)(=O)c4ccc(-c5cnc(C6CC6)nc5)cc4)cc3F)C(=O)OC3CCCCC3)cn2)c(=O)c2ccncc21. The van der Waals surface area contributed by atoms with E-state index in [2.05, 4.69) is 25.3 Å². The van der Waals surface area contributed by atoms with Gasteiger partial charge in [-0.1, -0.05) is 24.6 Å². The van der Waals surface area contributed by atoms with Gasteiger partial charge in [-0.2, -0.15) is 0 Å². The van der Waals surface area contributed by atoms with Gasteiger partial charge in [0.15, 0.2) is 0 Å². The van der Waals surface area contributed by atoms with Gasteiger partial charge in [0.1, 0.15) is 35.4 Å². The van der Waals surface area contributed by atoms with Crippen molar-refractivity contribution in [3.8, 4) is 16.9 Å². The van der Waals surface area contributed by atoms with Gasteiger partial charge >= 0.3 is 11.7 Å². The second-order valence-electron chi connectivity index (χ2n) is 14.9. The lowest BCUT2D eigenvalue weighted by Gasteiger charge is -2.25. The first-order valence-electron chi connectivity index (χ1n) is 19.3. The van der Waals surface area contributed by atoms with Gasteiger partial charge in [0.25, 0.3) is 21.5 Å². The smallest absolute Gasteiger partial charge is 0.337 e. The third kappa shape index (κ3) is 8.40. The molecule has 308 valence electrons. The highest BCUT2D eigenvalue weighted by molar-refractivity contribution is 7.92. The van der Waals surface area contributed by atoms with Gasteiger partial charge in [0.05, 0.1) is 33.2 Å². The number of nitrogens with zero attached hydrogens (tertiary/aromatic N) is 6. The maximum Gasteiger partial charge on any atom is 0.337 e. The zero-order valence-corrected chi connectivity index (χ0v) is 33.0. The highest BCUT2D eigenvalue weighted by Gasteiger charge is 2.30. The first-order chi connectivity index (χ1) is 28.9. The highest BCUT2D eigenvalue weighted by Crippen LogP contribution is 2.38. The van der Waals surface area contributed by atoms with Crippen LogP contribution in [0.1, 0.15) is 72.6 Å². The molecule has 1 atom stereocenters. The van der Waals surface area contributed by atoms with Crippen molar-refractivity contribution in [2.24, 2.45) is 7.05 Å². The normalized spacial score (nSPS) is 15.1. The van der Waals surface area contributed by atoms with E-state index in [0.29, 0.717) is 53.1 Å². The fourth-order valence-electron chi connectivity index (χ4n) is 7.13. The highest BCUT2D eigenvalue weighted by atomic mass is 32.2. The number of benzene rings is 2. The summed E-state index contributed by atoms with van der Waals surface area (Å²) in [6, 6.07) is 9.77. The number of aromatic nitrogens is 6. The van der Waals surface area contributed by atoms with Crippen molar-refractivity contribution in [3.05, 3.63) is 135 Å². The molecule has 8 rings (SSSR count). The summed E-state index contributed by atoms with van der Waals surface area (Å²) >= 11 is 0. The minimum Gasteiger partial charge on any atom is -0.461 e. The number of aryl methyl sites for hydroxylation is 1. The second-order valence-corrected chi connectivity index (χ2v) is 16.6. The number of anilines is 1. The molecule has 15 nitrogen and oxygen atoms in total. The van der Waals surface area contributed by atoms with Gasteiger partial charge in [-0.05, 0) is 80.0 Å². The lowest BCUT2D eigenvalue weighted by atomic mass is 9.97. The number of hydrogen-bond donors (Lipinski definition) is 2. The Labute approximate surface area is 341 Å². The van der Waals surface area contributed by atoms with Crippen LogP contribution in [0.15, 0.2) is 100 Å². The summed E-state index contributed by atoms with van der Waals surface area (Å²) in [7, 11) is -2.91. The molecule has 0 saturated heterocycles. The third-order valence-corrected chi connectivity index (χ3v) is 12.0. The molecular formula is C42H38F2N8O7S. The fourth-order valence-corrected chi connectivity index (χ4v) is 8.19. The van der Waals surface area contributed by atoms with Crippen molar-refractivity contribution in [2.45, 2.75) is 74.3 Å². The van der Waals surface area contributed by atoms with Crippen molar-refractivity contribution < 1.29 is 31.5 Å². The molecule has 1 amide bonds. The molecule has 2 aliphatic rings. The summed E-state index contributed by atoms with van der Waals surface area (Å²) in [5.74, 6) is -3.34. The van der Waals surface area contributed by atoms with Crippen LogP contribution in [0.25, 0.3) is 27.8 Å². The van der Waals surface area contributed by atoms with E-state index >= 15 is 8.78 Å². The number of amides is 1. The van der Waals surface area contributed by atoms with Crippen LogP contribution >= 0.6 is 0 Å². The van der Waals surface area contributed by atoms with Crippen molar-refractivity contribution in [3.63, 3.8) is 0 Å². The number of carbonyl (C=O) groups is 2. The molecule has 2 fully saturated rings. The Morgan fingerprint density at radius 2 is 1.60 bits per heavy atom. The van der Waals surface area contributed by atoms with Crippen LogP contribution in [0.2, 0.25) is 0 Å². The molecule has 2 saturated carbocycles. The summed E-state index contributed by atoms with van der Waals surface area (Å²) in [4.78, 5) is 70.3. The number of sulfonamides is 1. The molecule has 4 heterocycles. The molecule has 18 heteroatoms. The molecule has 0 radical (unpaired) electrons. The topological polar surface area (TPSA) is 197 Å². The zero-order valence-electron chi connectivity index (χ0n) is 32.2. The minimum atomic E-state index is -4.41. The Morgan fingerprint density at radius 1 is 0.867 bits per heavy atom. The van der Waals surface area contributed by atoms with Gasteiger partial charge < -0.3 is 10.1 Å². The number of pyridine rings is 2. The predicted molar refractivity (Wildman–Crippen MR) is 215 cm³/mol. The van der Waals surface area contributed by atoms with Crippen molar-refractivity contribution in [1.82, 2.24) is 34.4 Å². The van der Waals surface area contributed by atoms with Gasteiger partial charge in [-0.15, -0.1) is 0 Å². The van der Waals surface area contributed by atoms with Crippen LogP contribution < -0.4 is 21.3 Å². The average Bonchev–Trinajstić information content (AvgIpc) is 4.11. The Kier molecular flexibility index (Phi) is 11.0. The fraction of sp³-hybridized carbons (Fsp3) is 0.286. The maximum atomic E-state index is 15.6. The summed E-state index contributed by atoms with van der Waals surface area (Å²) in [5.41, 5.74) is -0.756. The van der Waals surface area contributed by atoms with Gasteiger partial charge in [-0.25, -0.2) is 46.3 Å². The number of ether oxygens (including phenoxy) is 1. The Bertz CT molecular complexity index is 2840. The molecule has 0 unspecified atom stereocenters. The van der Waals surface area contributed by atoms with Gasteiger partial charge in [-0.3, -0.25) is 23.9 Å². The van der Waals surface area contributed by atoms with E-state index < -0.39 is 68.2 Å². The van der Waals surface area contributed by atoms with E-state index in [4.69, 9.17) is 4.74 Å². The van der Waals surface area contributed by atoms with E-state index in [9.17, 15) is 27.6 Å². The first kappa shape index (κ1) is 40.1. The summed E-state index contributed by atoms with van der Waals surface area (Å²) in [5, 5.41) is 2.69. The van der Waals surface area contributed by atoms with Gasteiger partial charge in [0.2, 0.25) is 0 Å². The van der Waals surface area contributed by atoms with Crippen LogP contribution in [0.3, 0.4) is 0 Å². The van der Waals surface area contributed by atoms with Crippen LogP contribution in [-0.4, -0.2) is 61.5 Å². The van der Waals surface area contributed by atoms with Gasteiger partial charge in [0, 0.05) is 55.8 Å². The molecular weight excluding hydrogens is 799 g/mol. The minimum absolute atomic E-state index is 0.00281. The number of hydrogen-bond acceptors (Lipinski definition) is 11. The van der Waals surface area contributed by atoms with E-state index in [0.717, 1.165) is 42.5 Å². The molecule has 60 heavy (non-hydrogen) atoms. The lowest BCUT2D eigenvalue weighted by molar-refractivity contribution is -0.152. The second kappa shape index (κ2) is 16.5. The molecule has 2 aromatic carbocycles. The van der Waals surface area contributed by atoms with Crippen LogP contribution in [0.5, 0.6) is 0 Å². The number of carbonyl (C=O) groups excluding carboxylic acids is 2. The Morgan fingerprint density at radius 3 is 2.28 bits per heavy atom. The number of rotatable bonds is 12. The predicted octanol–water partition coefficient (Wildman–Crippen LogP) is 5.11. The van der Waals surface area contributed by atoms with Crippen LogP contribution in [0, 0.1) is 11.6 Å². The summed E-state index contributed by atoms with van der Waals surface area (Å²) in [6.45, 7) is 0. The zero-order chi connectivity index (χ0) is 42.1. The van der Waals surface area contributed by atoms with Crippen molar-refractivity contribution in [2.75, 3.05) is 4.72 Å². The third-order valence-electron chi connectivity index (χ3n) is 10.6. The van der Waals surface area contributed by atoms with E-state index in [1.807, 2.05) is 4.72 Å². The largest absolute Gasteiger partial charge is 0.461 e. The number of esters is 1. The monoisotopic (exact) mass is 836 g/mol. The number of nitrogens with one attached hydrogen (secondary N) is 2. The van der Waals surface area contributed by atoms with Crippen LogP contribution in [0.4, 0.5) is 14.5 Å². The number of halogens is 2. The maximum absolute atomic E-state index is 15.6. The Balaban J connectivity index is 0.993. The van der Waals surface area contributed by atoms with Crippen LogP contribution in [-0.2, 0) is 33.0 Å². The summed E-state index contributed by atoms with van der Waals surface area (Å²) in [6.07, 6.45) is 12.9. The average molecular weight is 837 g/mol.